The SMILES string of the molecule is CC1(C)CCc2sc(-c3cc(CNN)ccc3C#N)c(C(=O)O)c2C1. The quantitative estimate of drug-likeness (QED) is 0.576. The Balaban J connectivity index is 2.22. The molecule has 0 bridgehead atoms. The number of rotatable bonds is 4. The van der Waals surface area contributed by atoms with Crippen LogP contribution in [0.3, 0.4) is 0 Å². The van der Waals surface area contributed by atoms with Crippen molar-refractivity contribution in [2.45, 2.75) is 39.7 Å². The van der Waals surface area contributed by atoms with Crippen LogP contribution in [0.25, 0.3) is 10.4 Å². The molecule has 0 saturated carbocycles. The minimum atomic E-state index is -0.920. The van der Waals surface area contributed by atoms with E-state index in [-0.39, 0.29) is 5.41 Å². The Hall–Kier alpha value is -2.20. The third-order valence-electron chi connectivity index (χ3n) is 4.74. The van der Waals surface area contributed by atoms with Gasteiger partial charge >= 0.3 is 5.97 Å². The van der Waals surface area contributed by atoms with Crippen LogP contribution in [0.1, 0.15) is 52.2 Å². The second-order valence-electron chi connectivity index (χ2n) is 7.23. The number of carbonyl (C=O) groups is 1. The number of nitrogens with one attached hydrogen (secondary N) is 1. The molecule has 0 spiro atoms. The second-order valence-corrected chi connectivity index (χ2v) is 8.33. The molecule has 0 atom stereocenters. The summed E-state index contributed by atoms with van der Waals surface area (Å²) >= 11 is 1.52. The fourth-order valence-corrected chi connectivity index (χ4v) is 4.78. The highest BCUT2D eigenvalue weighted by Crippen LogP contribution is 2.45. The molecule has 5 nitrogen and oxygen atoms in total. The molecule has 6 heteroatoms. The van der Waals surface area contributed by atoms with Gasteiger partial charge in [-0.3, -0.25) is 11.3 Å². The average Bonchev–Trinajstić information content (AvgIpc) is 2.92. The van der Waals surface area contributed by atoms with Crippen molar-refractivity contribution in [3.63, 3.8) is 0 Å². The first-order chi connectivity index (χ1) is 11.9. The van der Waals surface area contributed by atoms with Crippen LogP contribution in [0, 0.1) is 16.7 Å². The molecule has 3 rings (SSSR count). The summed E-state index contributed by atoms with van der Waals surface area (Å²) in [5.41, 5.74) is 6.09. The monoisotopic (exact) mass is 355 g/mol. The summed E-state index contributed by atoms with van der Waals surface area (Å²) in [6.45, 7) is 4.81. The van der Waals surface area contributed by atoms with Crippen LogP contribution in [0.15, 0.2) is 18.2 Å². The molecule has 4 N–H and O–H groups in total. The fraction of sp³-hybridized carbons (Fsp3) is 0.368. The number of benzene rings is 1. The van der Waals surface area contributed by atoms with E-state index in [1.54, 1.807) is 6.07 Å². The van der Waals surface area contributed by atoms with Crippen molar-refractivity contribution in [1.29, 1.82) is 5.26 Å². The lowest BCUT2D eigenvalue weighted by Crippen LogP contribution is -2.22. The normalized spacial score (nSPS) is 15.4. The van der Waals surface area contributed by atoms with E-state index >= 15 is 0 Å². The van der Waals surface area contributed by atoms with Crippen LogP contribution >= 0.6 is 11.3 Å². The van der Waals surface area contributed by atoms with Gasteiger partial charge in [0.25, 0.3) is 0 Å². The standard InChI is InChI=1S/C19H21N3O2S/c1-19(2)6-5-15-14(8-19)16(18(23)24)17(25-15)13-7-11(10-22-21)3-4-12(13)9-20/h3-4,7,22H,5-6,8,10,21H2,1-2H3,(H,23,24). The summed E-state index contributed by atoms with van der Waals surface area (Å²) in [6, 6.07) is 7.62. The first-order valence-corrected chi connectivity index (χ1v) is 9.02. The first kappa shape index (κ1) is 17.6. The number of carboxylic acids is 1. The molecule has 0 unspecified atom stereocenters. The van der Waals surface area contributed by atoms with E-state index in [2.05, 4.69) is 25.3 Å². The van der Waals surface area contributed by atoms with Crippen LogP contribution in [0.2, 0.25) is 0 Å². The van der Waals surface area contributed by atoms with Crippen molar-refractivity contribution >= 4 is 17.3 Å². The molecule has 25 heavy (non-hydrogen) atoms. The van der Waals surface area contributed by atoms with Crippen molar-refractivity contribution < 1.29 is 9.90 Å². The number of nitriles is 1. The Labute approximate surface area is 151 Å². The van der Waals surface area contributed by atoms with E-state index in [0.717, 1.165) is 35.3 Å². The topological polar surface area (TPSA) is 99.1 Å². The molecule has 0 fully saturated rings. The number of hydrazine groups is 1. The maximum atomic E-state index is 12.0. The Morgan fingerprint density at radius 2 is 2.24 bits per heavy atom. The minimum Gasteiger partial charge on any atom is -0.478 e. The minimum absolute atomic E-state index is 0.0962. The summed E-state index contributed by atoms with van der Waals surface area (Å²) < 4.78 is 0. The van der Waals surface area contributed by atoms with E-state index in [1.807, 2.05) is 12.1 Å². The van der Waals surface area contributed by atoms with Crippen molar-refractivity contribution in [1.82, 2.24) is 5.43 Å². The van der Waals surface area contributed by atoms with Crippen LogP contribution in [-0.4, -0.2) is 11.1 Å². The number of hydrogen-bond donors (Lipinski definition) is 3. The lowest BCUT2D eigenvalue weighted by molar-refractivity contribution is 0.0696. The molecule has 1 aromatic heterocycles. The molecular formula is C19H21N3O2S. The van der Waals surface area contributed by atoms with E-state index < -0.39 is 5.97 Å². The van der Waals surface area contributed by atoms with E-state index in [4.69, 9.17) is 5.84 Å². The summed E-state index contributed by atoms with van der Waals surface area (Å²) in [5, 5.41) is 19.4. The van der Waals surface area contributed by atoms with Gasteiger partial charge in [0.2, 0.25) is 0 Å². The summed E-state index contributed by atoms with van der Waals surface area (Å²) in [7, 11) is 0. The zero-order valence-corrected chi connectivity index (χ0v) is 15.2. The second kappa shape index (κ2) is 6.60. The maximum absolute atomic E-state index is 12.0. The van der Waals surface area contributed by atoms with E-state index in [1.165, 1.54) is 11.3 Å². The lowest BCUT2D eigenvalue weighted by Gasteiger charge is -2.29. The van der Waals surface area contributed by atoms with Crippen molar-refractivity contribution in [2.75, 3.05) is 0 Å². The third kappa shape index (κ3) is 3.31. The summed E-state index contributed by atoms with van der Waals surface area (Å²) in [5.74, 6) is 4.48. The van der Waals surface area contributed by atoms with E-state index in [0.29, 0.717) is 28.1 Å². The summed E-state index contributed by atoms with van der Waals surface area (Å²) in [6.07, 6.45) is 2.69. The van der Waals surface area contributed by atoms with Gasteiger partial charge in [-0.1, -0.05) is 19.9 Å². The van der Waals surface area contributed by atoms with Gasteiger partial charge in [-0.2, -0.15) is 5.26 Å². The van der Waals surface area contributed by atoms with Gasteiger partial charge in [-0.25, -0.2) is 4.79 Å². The van der Waals surface area contributed by atoms with Crippen molar-refractivity contribution in [3.05, 3.63) is 45.3 Å². The highest BCUT2D eigenvalue weighted by Gasteiger charge is 2.33. The zero-order chi connectivity index (χ0) is 18.2. The molecule has 1 aliphatic rings. The largest absolute Gasteiger partial charge is 0.478 e. The lowest BCUT2D eigenvalue weighted by atomic mass is 9.76. The van der Waals surface area contributed by atoms with Crippen LogP contribution < -0.4 is 11.3 Å². The van der Waals surface area contributed by atoms with Crippen LogP contribution in [0.5, 0.6) is 0 Å². The van der Waals surface area contributed by atoms with Crippen molar-refractivity contribution in [3.8, 4) is 16.5 Å². The highest BCUT2D eigenvalue weighted by molar-refractivity contribution is 7.16. The molecule has 0 saturated heterocycles. The van der Waals surface area contributed by atoms with Crippen LogP contribution in [0.4, 0.5) is 0 Å². The third-order valence-corrected chi connectivity index (χ3v) is 6.07. The smallest absolute Gasteiger partial charge is 0.337 e. The Bertz CT molecular complexity index is 878. The highest BCUT2D eigenvalue weighted by atomic mass is 32.1. The fourth-order valence-electron chi connectivity index (χ4n) is 3.44. The van der Waals surface area contributed by atoms with Gasteiger partial charge < -0.3 is 5.11 Å². The van der Waals surface area contributed by atoms with Gasteiger partial charge in [-0.05, 0) is 47.9 Å². The molecular weight excluding hydrogens is 334 g/mol. The number of nitrogens with zero attached hydrogens (tertiary/aromatic N) is 1. The number of nitrogens with two attached hydrogens (primary N) is 1. The number of hydrogen-bond acceptors (Lipinski definition) is 5. The molecule has 130 valence electrons. The molecule has 0 amide bonds. The first-order valence-electron chi connectivity index (χ1n) is 8.21. The molecule has 0 radical (unpaired) electrons. The van der Waals surface area contributed by atoms with Gasteiger partial charge in [0.1, 0.15) is 0 Å². The number of carboxylic acid groups (broad SMARTS) is 1. The number of aromatic carboxylic acids is 1. The number of fused-ring (bicyclic) bond motifs is 1. The molecule has 2 aromatic rings. The molecule has 1 aromatic carbocycles. The van der Waals surface area contributed by atoms with Gasteiger partial charge in [0.15, 0.2) is 0 Å². The Morgan fingerprint density at radius 3 is 2.88 bits per heavy atom. The van der Waals surface area contributed by atoms with E-state index in [9.17, 15) is 15.2 Å². The Kier molecular flexibility index (Phi) is 4.65. The summed E-state index contributed by atoms with van der Waals surface area (Å²) in [4.78, 5) is 13.9. The van der Waals surface area contributed by atoms with Gasteiger partial charge in [0, 0.05) is 17.0 Å². The Morgan fingerprint density at radius 1 is 1.48 bits per heavy atom. The van der Waals surface area contributed by atoms with Crippen LogP contribution in [-0.2, 0) is 19.4 Å². The predicted octanol–water partition coefficient (Wildman–Crippen LogP) is 3.46. The van der Waals surface area contributed by atoms with Crippen molar-refractivity contribution in [2.24, 2.45) is 11.3 Å². The van der Waals surface area contributed by atoms with Gasteiger partial charge in [-0.15, -0.1) is 11.3 Å². The average molecular weight is 355 g/mol. The van der Waals surface area contributed by atoms with Gasteiger partial charge in [0.05, 0.1) is 22.1 Å². The zero-order valence-electron chi connectivity index (χ0n) is 14.3. The molecule has 1 heterocycles. The molecule has 0 aliphatic heterocycles. The number of thiophene rings is 1. The number of aryl methyl sites for hydroxylation is 1. The molecule has 1 aliphatic carbocycles. The maximum Gasteiger partial charge on any atom is 0.337 e. The predicted molar refractivity (Wildman–Crippen MR) is 98.3 cm³/mol.